The molecule has 2 aliphatic carbocycles. The average Bonchev–Trinajstić information content (AvgIpc) is 3.08. The SMILES string of the molecule is O=C(NC[C@@H]1COC2(CCCC2)O1)C1CCCCC1. The van der Waals surface area contributed by atoms with E-state index >= 15 is 0 Å². The molecule has 3 aliphatic rings. The maximum absolute atomic E-state index is 12.1. The Morgan fingerprint density at radius 3 is 2.58 bits per heavy atom. The van der Waals surface area contributed by atoms with Gasteiger partial charge in [-0.1, -0.05) is 19.3 Å². The van der Waals surface area contributed by atoms with Gasteiger partial charge < -0.3 is 14.8 Å². The minimum atomic E-state index is -0.305. The van der Waals surface area contributed by atoms with Gasteiger partial charge in [0.1, 0.15) is 6.10 Å². The van der Waals surface area contributed by atoms with E-state index in [1.165, 1.54) is 32.1 Å². The van der Waals surface area contributed by atoms with Crippen LogP contribution in [0.15, 0.2) is 0 Å². The quantitative estimate of drug-likeness (QED) is 0.854. The Labute approximate surface area is 115 Å². The molecular weight excluding hydrogens is 242 g/mol. The van der Waals surface area contributed by atoms with Crippen molar-refractivity contribution < 1.29 is 14.3 Å². The molecule has 1 aliphatic heterocycles. The van der Waals surface area contributed by atoms with Crippen molar-refractivity contribution in [1.29, 1.82) is 0 Å². The van der Waals surface area contributed by atoms with Gasteiger partial charge in [-0.2, -0.15) is 0 Å². The fourth-order valence-electron chi connectivity index (χ4n) is 3.62. The summed E-state index contributed by atoms with van der Waals surface area (Å²) in [5.41, 5.74) is 0. The zero-order valence-electron chi connectivity index (χ0n) is 11.7. The van der Waals surface area contributed by atoms with Gasteiger partial charge in [0.25, 0.3) is 0 Å². The zero-order chi connectivity index (χ0) is 13.1. The molecule has 0 unspecified atom stereocenters. The molecule has 4 nitrogen and oxygen atoms in total. The maximum atomic E-state index is 12.1. The highest BCUT2D eigenvalue weighted by Gasteiger charge is 2.43. The average molecular weight is 267 g/mol. The number of nitrogens with one attached hydrogen (secondary N) is 1. The molecule has 0 aromatic carbocycles. The van der Waals surface area contributed by atoms with Crippen LogP contribution in [0.1, 0.15) is 57.8 Å². The van der Waals surface area contributed by atoms with E-state index in [1.807, 2.05) is 0 Å². The highest BCUT2D eigenvalue weighted by atomic mass is 16.7. The van der Waals surface area contributed by atoms with Crippen LogP contribution >= 0.6 is 0 Å². The number of carbonyl (C=O) groups is 1. The second-order valence-corrected chi connectivity index (χ2v) is 6.25. The van der Waals surface area contributed by atoms with E-state index in [4.69, 9.17) is 9.47 Å². The summed E-state index contributed by atoms with van der Waals surface area (Å²) in [4.78, 5) is 12.1. The molecule has 1 saturated heterocycles. The fourth-order valence-corrected chi connectivity index (χ4v) is 3.62. The molecule has 0 radical (unpaired) electrons. The highest BCUT2D eigenvalue weighted by molar-refractivity contribution is 5.78. The van der Waals surface area contributed by atoms with Crippen LogP contribution in [-0.4, -0.2) is 30.9 Å². The first-order chi connectivity index (χ1) is 9.27. The second kappa shape index (κ2) is 5.80. The van der Waals surface area contributed by atoms with Gasteiger partial charge in [-0.25, -0.2) is 0 Å². The molecule has 1 heterocycles. The molecule has 1 atom stereocenters. The summed E-state index contributed by atoms with van der Waals surface area (Å²) >= 11 is 0. The number of ether oxygens (including phenoxy) is 2. The van der Waals surface area contributed by atoms with Crippen LogP contribution in [-0.2, 0) is 14.3 Å². The van der Waals surface area contributed by atoms with E-state index in [2.05, 4.69) is 5.32 Å². The Morgan fingerprint density at radius 2 is 1.84 bits per heavy atom. The second-order valence-electron chi connectivity index (χ2n) is 6.25. The molecule has 0 aromatic rings. The third-order valence-electron chi connectivity index (χ3n) is 4.76. The number of hydrogen-bond acceptors (Lipinski definition) is 3. The summed E-state index contributed by atoms with van der Waals surface area (Å²) in [6, 6.07) is 0. The van der Waals surface area contributed by atoms with E-state index in [1.54, 1.807) is 0 Å². The highest BCUT2D eigenvalue weighted by Crippen LogP contribution is 2.39. The van der Waals surface area contributed by atoms with Gasteiger partial charge in [-0.3, -0.25) is 4.79 Å². The summed E-state index contributed by atoms with van der Waals surface area (Å²) in [7, 11) is 0. The Balaban J connectivity index is 1.41. The minimum absolute atomic E-state index is 0.0469. The fraction of sp³-hybridized carbons (Fsp3) is 0.933. The van der Waals surface area contributed by atoms with E-state index in [-0.39, 0.29) is 23.7 Å². The van der Waals surface area contributed by atoms with Gasteiger partial charge >= 0.3 is 0 Å². The monoisotopic (exact) mass is 267 g/mol. The molecule has 108 valence electrons. The van der Waals surface area contributed by atoms with Gasteiger partial charge in [0, 0.05) is 25.3 Å². The first-order valence-electron chi connectivity index (χ1n) is 7.87. The van der Waals surface area contributed by atoms with Crippen molar-refractivity contribution >= 4 is 5.91 Å². The van der Waals surface area contributed by atoms with Gasteiger partial charge in [0.05, 0.1) is 6.61 Å². The molecule has 3 fully saturated rings. The van der Waals surface area contributed by atoms with Crippen molar-refractivity contribution in [2.75, 3.05) is 13.2 Å². The first kappa shape index (κ1) is 13.4. The normalized spacial score (nSPS) is 30.8. The smallest absolute Gasteiger partial charge is 0.223 e. The lowest BCUT2D eigenvalue weighted by atomic mass is 9.89. The minimum Gasteiger partial charge on any atom is -0.353 e. The molecule has 1 spiro atoms. The Hall–Kier alpha value is -0.610. The van der Waals surface area contributed by atoms with Gasteiger partial charge in [-0.05, 0) is 25.7 Å². The number of hydrogen-bond donors (Lipinski definition) is 1. The van der Waals surface area contributed by atoms with Crippen LogP contribution in [0, 0.1) is 5.92 Å². The molecule has 1 N–H and O–H groups in total. The first-order valence-corrected chi connectivity index (χ1v) is 7.87. The maximum Gasteiger partial charge on any atom is 0.223 e. The molecule has 0 aromatic heterocycles. The van der Waals surface area contributed by atoms with Gasteiger partial charge in [0.15, 0.2) is 5.79 Å². The largest absolute Gasteiger partial charge is 0.353 e. The van der Waals surface area contributed by atoms with E-state index in [0.717, 1.165) is 25.7 Å². The summed E-state index contributed by atoms with van der Waals surface area (Å²) in [6.45, 7) is 1.24. The summed E-state index contributed by atoms with van der Waals surface area (Å²) < 4.78 is 11.8. The van der Waals surface area contributed by atoms with E-state index < -0.39 is 0 Å². The lowest BCUT2D eigenvalue weighted by Gasteiger charge is -2.23. The number of amides is 1. The zero-order valence-corrected chi connectivity index (χ0v) is 11.7. The molecule has 1 amide bonds. The molecular formula is C15H25NO3. The molecule has 19 heavy (non-hydrogen) atoms. The lowest BCUT2D eigenvalue weighted by Crippen LogP contribution is -2.38. The topological polar surface area (TPSA) is 47.6 Å². The van der Waals surface area contributed by atoms with Crippen molar-refractivity contribution in [2.45, 2.75) is 69.7 Å². The summed E-state index contributed by atoms with van der Waals surface area (Å²) in [5.74, 6) is 0.146. The molecule has 0 bridgehead atoms. The standard InChI is InChI=1S/C15H25NO3/c17-14(12-6-2-1-3-7-12)16-10-13-11-18-15(19-13)8-4-5-9-15/h12-13H,1-11H2,(H,16,17)/t13-/m1/s1. The van der Waals surface area contributed by atoms with Crippen molar-refractivity contribution in [3.8, 4) is 0 Å². The van der Waals surface area contributed by atoms with E-state index in [0.29, 0.717) is 13.2 Å². The third kappa shape index (κ3) is 3.11. The van der Waals surface area contributed by atoms with Crippen molar-refractivity contribution in [3.05, 3.63) is 0 Å². The van der Waals surface area contributed by atoms with Crippen LogP contribution in [0.3, 0.4) is 0 Å². The number of rotatable bonds is 3. The van der Waals surface area contributed by atoms with E-state index in [9.17, 15) is 4.79 Å². The van der Waals surface area contributed by atoms with Gasteiger partial charge in [0.2, 0.25) is 5.91 Å². The van der Waals surface area contributed by atoms with Crippen LogP contribution in [0.4, 0.5) is 0 Å². The molecule has 3 rings (SSSR count). The molecule has 2 saturated carbocycles. The third-order valence-corrected chi connectivity index (χ3v) is 4.76. The summed E-state index contributed by atoms with van der Waals surface area (Å²) in [5, 5.41) is 3.06. The lowest BCUT2D eigenvalue weighted by molar-refractivity contribution is -0.161. The van der Waals surface area contributed by atoms with Crippen LogP contribution in [0.2, 0.25) is 0 Å². The summed E-state index contributed by atoms with van der Waals surface area (Å²) in [6.07, 6.45) is 10.3. The van der Waals surface area contributed by atoms with Crippen molar-refractivity contribution in [3.63, 3.8) is 0 Å². The predicted molar refractivity (Wildman–Crippen MR) is 71.6 cm³/mol. The van der Waals surface area contributed by atoms with Crippen molar-refractivity contribution in [2.24, 2.45) is 5.92 Å². The Morgan fingerprint density at radius 1 is 1.11 bits per heavy atom. The van der Waals surface area contributed by atoms with Gasteiger partial charge in [-0.15, -0.1) is 0 Å². The number of carbonyl (C=O) groups excluding carboxylic acids is 1. The Bertz CT molecular complexity index is 319. The van der Waals surface area contributed by atoms with Crippen LogP contribution in [0.25, 0.3) is 0 Å². The van der Waals surface area contributed by atoms with Crippen molar-refractivity contribution in [1.82, 2.24) is 5.32 Å². The van der Waals surface area contributed by atoms with Crippen LogP contribution in [0.5, 0.6) is 0 Å². The molecule has 4 heteroatoms. The predicted octanol–water partition coefficient (Wildman–Crippen LogP) is 2.37. The Kier molecular flexibility index (Phi) is 4.08. The van der Waals surface area contributed by atoms with Crippen LogP contribution < -0.4 is 5.32 Å².